The van der Waals surface area contributed by atoms with Crippen LogP contribution in [-0.4, -0.2) is 58.3 Å². The van der Waals surface area contributed by atoms with Crippen molar-refractivity contribution in [2.75, 3.05) is 37.0 Å². The first kappa shape index (κ1) is 21.0. The number of carbonyl (C=O) groups is 1. The quantitative estimate of drug-likeness (QED) is 0.488. The van der Waals surface area contributed by atoms with Gasteiger partial charge < -0.3 is 20.3 Å². The topological polar surface area (TPSA) is 89.2 Å². The van der Waals surface area contributed by atoms with Crippen LogP contribution >= 0.6 is 0 Å². The van der Waals surface area contributed by atoms with Crippen LogP contribution in [0.25, 0.3) is 21.8 Å². The largest absolute Gasteiger partial charge is 0.494 e. The van der Waals surface area contributed by atoms with Gasteiger partial charge in [-0.3, -0.25) is 14.2 Å². The summed E-state index contributed by atoms with van der Waals surface area (Å²) in [6, 6.07) is 8.34. The highest BCUT2D eigenvalue weighted by Crippen LogP contribution is 2.35. The number of amides is 1. The molecule has 2 saturated heterocycles. The predicted octanol–water partition coefficient (Wildman–Crippen LogP) is 2.91. The van der Waals surface area contributed by atoms with Crippen LogP contribution in [-0.2, 0) is 14.1 Å². The van der Waals surface area contributed by atoms with Crippen molar-refractivity contribution in [3.63, 3.8) is 0 Å². The molecule has 2 N–H and O–H groups in total. The lowest BCUT2D eigenvalue weighted by atomic mass is 9.92. The van der Waals surface area contributed by atoms with Gasteiger partial charge in [0.15, 0.2) is 0 Å². The fourth-order valence-electron chi connectivity index (χ4n) is 5.56. The van der Waals surface area contributed by atoms with Crippen LogP contribution in [0.15, 0.2) is 36.7 Å². The van der Waals surface area contributed by atoms with Crippen molar-refractivity contribution in [2.24, 2.45) is 20.0 Å². The van der Waals surface area contributed by atoms with E-state index >= 15 is 0 Å². The number of nitrogens with zero attached hydrogens (tertiary/aromatic N) is 5. The van der Waals surface area contributed by atoms with E-state index in [4.69, 9.17) is 4.74 Å². The number of anilines is 2. The van der Waals surface area contributed by atoms with E-state index < -0.39 is 0 Å². The van der Waals surface area contributed by atoms with Crippen molar-refractivity contribution in [1.29, 1.82) is 0 Å². The Bertz CT molecular complexity index is 1410. The summed E-state index contributed by atoms with van der Waals surface area (Å²) in [4.78, 5) is 15.9. The summed E-state index contributed by atoms with van der Waals surface area (Å²) in [6.45, 7) is 3.15. The van der Waals surface area contributed by atoms with E-state index in [1.165, 1.54) is 6.42 Å². The maximum absolute atomic E-state index is 13.4. The number of carbonyl (C=O) groups excluding carboxylic acids is 1. The lowest BCUT2D eigenvalue weighted by molar-refractivity contribution is 0.102. The second-order valence-corrected chi connectivity index (χ2v) is 9.41. The number of hydrogen-bond donors (Lipinski definition) is 2. The number of fused-ring (bicyclic) bond motifs is 3. The first-order valence-electron chi connectivity index (χ1n) is 11.8. The Morgan fingerprint density at radius 1 is 1.15 bits per heavy atom. The standard InChI is InChI=1S/C25H29N7O2/c1-30-12-16-10-21(23(34-3)11-20(16)28-30)27-25(33)17-4-5-22(18-14-31(2)29-24(17)18)32-9-7-19-15(13-32)6-8-26-19/h4-5,10-12,14-15,19,26H,6-9,13H2,1-3H3,(H,27,33). The Hall–Kier alpha value is -3.59. The van der Waals surface area contributed by atoms with Gasteiger partial charge >= 0.3 is 0 Å². The van der Waals surface area contributed by atoms with Crippen LogP contribution in [0.2, 0.25) is 0 Å². The molecule has 0 aliphatic carbocycles. The lowest BCUT2D eigenvalue weighted by Gasteiger charge is -2.36. The molecule has 0 spiro atoms. The summed E-state index contributed by atoms with van der Waals surface area (Å²) in [7, 11) is 5.36. The van der Waals surface area contributed by atoms with Gasteiger partial charge in [-0.25, -0.2) is 0 Å². The molecular formula is C25H29N7O2. The Labute approximate surface area is 197 Å². The van der Waals surface area contributed by atoms with E-state index in [0.717, 1.165) is 48.0 Å². The van der Waals surface area contributed by atoms with Gasteiger partial charge in [0, 0.05) is 68.1 Å². The Kier molecular flexibility index (Phi) is 4.95. The van der Waals surface area contributed by atoms with Crippen LogP contribution in [0, 0.1) is 5.92 Å². The zero-order valence-corrected chi connectivity index (χ0v) is 19.7. The Balaban J connectivity index is 1.34. The highest BCUT2D eigenvalue weighted by molar-refractivity contribution is 6.14. The number of methoxy groups -OCH3 is 1. The van der Waals surface area contributed by atoms with E-state index in [1.54, 1.807) is 16.5 Å². The van der Waals surface area contributed by atoms with Crippen molar-refractivity contribution in [2.45, 2.75) is 18.9 Å². The minimum absolute atomic E-state index is 0.213. The molecule has 2 aromatic carbocycles. The van der Waals surface area contributed by atoms with E-state index in [-0.39, 0.29) is 5.91 Å². The maximum atomic E-state index is 13.4. The molecule has 2 atom stereocenters. The summed E-state index contributed by atoms with van der Waals surface area (Å²) in [5, 5.41) is 17.7. The molecule has 2 aliphatic heterocycles. The Morgan fingerprint density at radius 3 is 2.85 bits per heavy atom. The van der Waals surface area contributed by atoms with Gasteiger partial charge in [-0.05, 0) is 43.5 Å². The summed E-state index contributed by atoms with van der Waals surface area (Å²) in [6.07, 6.45) is 6.30. The molecule has 2 aromatic heterocycles. The average Bonchev–Trinajstić information content (AvgIpc) is 3.53. The molecule has 2 fully saturated rings. The number of nitrogens with one attached hydrogen (secondary N) is 2. The fraction of sp³-hybridized carbons (Fsp3) is 0.400. The monoisotopic (exact) mass is 459 g/mol. The highest BCUT2D eigenvalue weighted by Gasteiger charge is 2.33. The Morgan fingerprint density at radius 2 is 2.00 bits per heavy atom. The third-order valence-electron chi connectivity index (χ3n) is 7.20. The van der Waals surface area contributed by atoms with E-state index in [2.05, 4.69) is 31.8 Å². The van der Waals surface area contributed by atoms with Crippen molar-refractivity contribution in [3.8, 4) is 5.75 Å². The van der Waals surface area contributed by atoms with Gasteiger partial charge in [0.2, 0.25) is 0 Å². The van der Waals surface area contributed by atoms with Crippen molar-refractivity contribution < 1.29 is 9.53 Å². The molecule has 4 heterocycles. The molecule has 9 heteroatoms. The molecule has 2 unspecified atom stereocenters. The molecule has 0 saturated carbocycles. The molecule has 2 aliphatic rings. The van der Waals surface area contributed by atoms with Crippen molar-refractivity contribution in [3.05, 3.63) is 42.2 Å². The van der Waals surface area contributed by atoms with Gasteiger partial charge in [-0.2, -0.15) is 10.2 Å². The molecule has 0 bridgehead atoms. The summed E-state index contributed by atoms with van der Waals surface area (Å²) < 4.78 is 9.06. The minimum Gasteiger partial charge on any atom is -0.494 e. The summed E-state index contributed by atoms with van der Waals surface area (Å²) >= 11 is 0. The number of hydrogen-bond acceptors (Lipinski definition) is 6. The van der Waals surface area contributed by atoms with Crippen molar-refractivity contribution in [1.82, 2.24) is 24.9 Å². The second-order valence-electron chi connectivity index (χ2n) is 9.41. The molecule has 1 amide bonds. The van der Waals surface area contributed by atoms with Gasteiger partial charge in [0.25, 0.3) is 5.91 Å². The molecule has 176 valence electrons. The summed E-state index contributed by atoms with van der Waals surface area (Å²) in [5.74, 6) is 1.04. The zero-order chi connectivity index (χ0) is 23.4. The van der Waals surface area contributed by atoms with E-state index in [1.807, 2.05) is 44.7 Å². The number of rotatable bonds is 4. The molecule has 0 radical (unpaired) electrons. The van der Waals surface area contributed by atoms with Crippen LogP contribution in [0.5, 0.6) is 5.75 Å². The average molecular weight is 460 g/mol. The maximum Gasteiger partial charge on any atom is 0.258 e. The fourth-order valence-corrected chi connectivity index (χ4v) is 5.56. The smallest absolute Gasteiger partial charge is 0.258 e. The highest BCUT2D eigenvalue weighted by atomic mass is 16.5. The normalized spacial score (nSPS) is 20.1. The third kappa shape index (κ3) is 3.47. The number of aryl methyl sites for hydroxylation is 2. The molecule has 4 aromatic rings. The van der Waals surface area contributed by atoms with E-state index in [0.29, 0.717) is 34.5 Å². The van der Waals surface area contributed by atoms with Crippen LogP contribution in [0.1, 0.15) is 23.2 Å². The molecule has 9 nitrogen and oxygen atoms in total. The van der Waals surface area contributed by atoms with Gasteiger partial charge in [0.05, 0.1) is 23.9 Å². The summed E-state index contributed by atoms with van der Waals surface area (Å²) in [5.41, 5.74) is 3.84. The van der Waals surface area contributed by atoms with Crippen LogP contribution < -0.4 is 20.3 Å². The number of ether oxygens (including phenoxy) is 1. The first-order chi connectivity index (χ1) is 16.5. The number of aromatic nitrogens is 4. The minimum atomic E-state index is -0.213. The second kappa shape index (κ2) is 8.02. The van der Waals surface area contributed by atoms with Crippen molar-refractivity contribution >= 4 is 39.1 Å². The van der Waals surface area contributed by atoms with Gasteiger partial charge in [-0.1, -0.05) is 0 Å². The molecular weight excluding hydrogens is 430 g/mol. The predicted molar refractivity (Wildman–Crippen MR) is 133 cm³/mol. The van der Waals surface area contributed by atoms with Crippen LogP contribution in [0.4, 0.5) is 11.4 Å². The van der Waals surface area contributed by atoms with Gasteiger partial charge in [0.1, 0.15) is 11.3 Å². The first-order valence-corrected chi connectivity index (χ1v) is 11.8. The zero-order valence-electron chi connectivity index (χ0n) is 19.7. The SMILES string of the molecule is COc1cc2nn(C)cc2cc1NC(=O)c1ccc(N2CCC3NCCC3C2)c2cn(C)nc12. The van der Waals surface area contributed by atoms with E-state index in [9.17, 15) is 4.79 Å². The molecule has 6 rings (SSSR count). The number of benzene rings is 2. The lowest BCUT2D eigenvalue weighted by Crippen LogP contribution is -2.44. The van der Waals surface area contributed by atoms with Crippen LogP contribution in [0.3, 0.4) is 0 Å². The third-order valence-corrected chi connectivity index (χ3v) is 7.20. The molecule has 34 heavy (non-hydrogen) atoms. The van der Waals surface area contributed by atoms with Gasteiger partial charge in [-0.15, -0.1) is 0 Å². The number of piperidine rings is 1.